The van der Waals surface area contributed by atoms with Gasteiger partial charge >= 0.3 is 0 Å². The molecule has 0 aliphatic rings. The highest BCUT2D eigenvalue weighted by Crippen LogP contribution is 2.27. The molecule has 5 heteroatoms. The number of hydrogen-bond donors (Lipinski definition) is 2. The Morgan fingerprint density at radius 1 is 1.53 bits per heavy atom. The number of hydrogen-bond acceptors (Lipinski definition) is 3. The Bertz CT molecular complexity index is 349. The third-order valence-corrected chi connectivity index (χ3v) is 2.94. The van der Waals surface area contributed by atoms with E-state index in [2.05, 4.69) is 28.2 Å². The van der Waals surface area contributed by atoms with Crippen LogP contribution in [0.3, 0.4) is 0 Å². The van der Waals surface area contributed by atoms with Gasteiger partial charge in [0.2, 0.25) is 0 Å². The molecular weight excluding hydrogens is 305 g/mol. The summed E-state index contributed by atoms with van der Waals surface area (Å²) >= 11 is 9.30. The summed E-state index contributed by atoms with van der Waals surface area (Å²) in [6.07, 6.45) is 0.516. The van der Waals surface area contributed by atoms with E-state index in [0.29, 0.717) is 17.3 Å². The smallest absolute Gasteiger partial charge is 0.139 e. The van der Waals surface area contributed by atoms with Crippen LogP contribution in [-0.4, -0.2) is 30.9 Å². The second-order valence-electron chi connectivity index (χ2n) is 3.74. The summed E-state index contributed by atoms with van der Waals surface area (Å²) in [5.74, 6) is 0.579. The summed E-state index contributed by atoms with van der Waals surface area (Å²) in [7, 11) is 0. The molecule has 1 aromatic carbocycles. The molecule has 0 bridgehead atoms. The zero-order valence-electron chi connectivity index (χ0n) is 9.75. The number of halogens is 2. The number of rotatable bonds is 7. The molecule has 1 aromatic rings. The van der Waals surface area contributed by atoms with Crippen molar-refractivity contribution >= 4 is 27.5 Å². The molecule has 0 aliphatic carbocycles. The zero-order valence-corrected chi connectivity index (χ0v) is 12.1. The second kappa shape index (κ2) is 7.93. The highest BCUT2D eigenvalue weighted by Gasteiger charge is 2.07. The average Bonchev–Trinajstić information content (AvgIpc) is 2.31. The summed E-state index contributed by atoms with van der Waals surface area (Å²) in [5.41, 5.74) is 0. The lowest BCUT2D eigenvalue weighted by atomic mass is 10.3. The Hall–Kier alpha value is -0.290. The minimum absolute atomic E-state index is 0.229. The van der Waals surface area contributed by atoms with Crippen LogP contribution in [0.25, 0.3) is 0 Å². The van der Waals surface area contributed by atoms with E-state index in [9.17, 15) is 5.11 Å². The lowest BCUT2D eigenvalue weighted by Gasteiger charge is -2.14. The van der Waals surface area contributed by atoms with E-state index in [4.69, 9.17) is 16.3 Å². The van der Waals surface area contributed by atoms with Crippen molar-refractivity contribution in [3.63, 3.8) is 0 Å². The Morgan fingerprint density at radius 2 is 2.29 bits per heavy atom. The van der Waals surface area contributed by atoms with Crippen LogP contribution in [0.1, 0.15) is 13.3 Å². The van der Waals surface area contributed by atoms with E-state index in [0.717, 1.165) is 17.4 Å². The maximum atomic E-state index is 9.66. The summed E-state index contributed by atoms with van der Waals surface area (Å²) in [6.45, 7) is 3.73. The maximum Gasteiger partial charge on any atom is 0.139 e. The van der Waals surface area contributed by atoms with Crippen LogP contribution in [0.2, 0.25) is 5.02 Å². The summed E-state index contributed by atoms with van der Waals surface area (Å²) in [4.78, 5) is 0. The van der Waals surface area contributed by atoms with Crippen molar-refractivity contribution in [3.8, 4) is 5.75 Å². The van der Waals surface area contributed by atoms with Gasteiger partial charge in [0.05, 0.1) is 5.02 Å². The Balaban J connectivity index is 2.36. The Labute approximate surface area is 115 Å². The largest absolute Gasteiger partial charge is 0.489 e. The second-order valence-corrected chi connectivity index (χ2v) is 5.07. The van der Waals surface area contributed by atoms with Gasteiger partial charge in [-0.25, -0.2) is 0 Å². The SMILES string of the molecule is CCCNCC(O)COc1cc(Br)ccc1Cl. The molecule has 0 saturated carbocycles. The molecule has 1 unspecified atom stereocenters. The van der Waals surface area contributed by atoms with E-state index < -0.39 is 6.10 Å². The predicted octanol–water partition coefficient (Wildman–Crippen LogP) is 2.84. The van der Waals surface area contributed by atoms with Crippen LogP contribution in [0.5, 0.6) is 5.75 Å². The van der Waals surface area contributed by atoms with Gasteiger partial charge in [0, 0.05) is 11.0 Å². The first-order chi connectivity index (χ1) is 8.13. The first-order valence-corrected chi connectivity index (χ1v) is 6.77. The van der Waals surface area contributed by atoms with Crippen molar-refractivity contribution in [2.75, 3.05) is 19.7 Å². The van der Waals surface area contributed by atoms with Crippen LogP contribution in [0.15, 0.2) is 22.7 Å². The van der Waals surface area contributed by atoms with Gasteiger partial charge in [-0.1, -0.05) is 34.5 Å². The minimum atomic E-state index is -0.531. The van der Waals surface area contributed by atoms with Crippen molar-refractivity contribution in [1.29, 1.82) is 0 Å². The highest BCUT2D eigenvalue weighted by atomic mass is 79.9. The monoisotopic (exact) mass is 321 g/mol. The summed E-state index contributed by atoms with van der Waals surface area (Å²) < 4.78 is 6.36. The fourth-order valence-corrected chi connectivity index (χ4v) is 1.79. The average molecular weight is 323 g/mol. The van der Waals surface area contributed by atoms with Gasteiger partial charge in [0.25, 0.3) is 0 Å². The molecule has 0 fully saturated rings. The molecule has 1 rings (SSSR count). The predicted molar refractivity (Wildman–Crippen MR) is 73.8 cm³/mol. The zero-order chi connectivity index (χ0) is 12.7. The Kier molecular flexibility index (Phi) is 6.89. The summed E-state index contributed by atoms with van der Waals surface area (Å²) in [5, 5.41) is 13.3. The number of nitrogens with one attached hydrogen (secondary N) is 1. The maximum absolute atomic E-state index is 9.66. The molecule has 96 valence electrons. The molecule has 0 aliphatic heterocycles. The van der Waals surface area contributed by atoms with Crippen LogP contribution in [0, 0.1) is 0 Å². The quantitative estimate of drug-likeness (QED) is 0.759. The standard InChI is InChI=1S/C12H17BrClNO2/c1-2-5-15-7-10(16)8-17-12-6-9(13)3-4-11(12)14/h3-4,6,10,15-16H,2,5,7-8H2,1H3. The molecule has 1 atom stereocenters. The van der Waals surface area contributed by atoms with Crippen LogP contribution in [-0.2, 0) is 0 Å². The van der Waals surface area contributed by atoms with Crippen LogP contribution >= 0.6 is 27.5 Å². The van der Waals surface area contributed by atoms with Gasteiger partial charge in [0.15, 0.2) is 0 Å². The number of aliphatic hydroxyl groups is 1. The first-order valence-electron chi connectivity index (χ1n) is 5.60. The molecule has 0 spiro atoms. The third-order valence-electron chi connectivity index (χ3n) is 2.13. The lowest BCUT2D eigenvalue weighted by Crippen LogP contribution is -2.31. The molecule has 17 heavy (non-hydrogen) atoms. The van der Waals surface area contributed by atoms with Crippen molar-refractivity contribution in [1.82, 2.24) is 5.32 Å². The van der Waals surface area contributed by atoms with E-state index in [-0.39, 0.29) is 6.61 Å². The lowest BCUT2D eigenvalue weighted by molar-refractivity contribution is 0.106. The highest BCUT2D eigenvalue weighted by molar-refractivity contribution is 9.10. The van der Waals surface area contributed by atoms with Gasteiger partial charge < -0.3 is 15.2 Å². The number of aliphatic hydroxyl groups excluding tert-OH is 1. The van der Waals surface area contributed by atoms with E-state index in [1.165, 1.54) is 0 Å². The van der Waals surface area contributed by atoms with Crippen molar-refractivity contribution in [2.24, 2.45) is 0 Å². The third kappa shape index (κ3) is 5.73. The topological polar surface area (TPSA) is 41.5 Å². The number of ether oxygens (including phenoxy) is 1. The van der Waals surface area contributed by atoms with Crippen LogP contribution < -0.4 is 10.1 Å². The molecule has 0 heterocycles. The van der Waals surface area contributed by atoms with Crippen molar-refractivity contribution in [2.45, 2.75) is 19.4 Å². The molecule has 0 amide bonds. The van der Waals surface area contributed by atoms with Gasteiger partial charge in [-0.2, -0.15) is 0 Å². The van der Waals surface area contributed by atoms with Crippen molar-refractivity contribution in [3.05, 3.63) is 27.7 Å². The van der Waals surface area contributed by atoms with E-state index in [1.54, 1.807) is 12.1 Å². The number of benzene rings is 1. The molecule has 2 N–H and O–H groups in total. The Morgan fingerprint density at radius 3 is 3.00 bits per heavy atom. The normalized spacial score (nSPS) is 12.5. The molecular formula is C12H17BrClNO2. The van der Waals surface area contributed by atoms with E-state index >= 15 is 0 Å². The molecule has 0 radical (unpaired) electrons. The summed E-state index contributed by atoms with van der Waals surface area (Å²) in [6, 6.07) is 5.38. The van der Waals surface area contributed by atoms with Crippen LogP contribution in [0.4, 0.5) is 0 Å². The van der Waals surface area contributed by atoms with Gasteiger partial charge in [0.1, 0.15) is 18.5 Å². The fraction of sp³-hybridized carbons (Fsp3) is 0.500. The van der Waals surface area contributed by atoms with Gasteiger partial charge in [-0.3, -0.25) is 0 Å². The van der Waals surface area contributed by atoms with Gasteiger partial charge in [-0.15, -0.1) is 0 Å². The first kappa shape index (κ1) is 14.8. The van der Waals surface area contributed by atoms with Crippen molar-refractivity contribution < 1.29 is 9.84 Å². The van der Waals surface area contributed by atoms with Gasteiger partial charge in [-0.05, 0) is 31.2 Å². The minimum Gasteiger partial charge on any atom is -0.489 e. The molecule has 3 nitrogen and oxygen atoms in total. The fourth-order valence-electron chi connectivity index (χ4n) is 1.28. The molecule has 0 aromatic heterocycles. The molecule has 0 saturated heterocycles. The van der Waals surface area contributed by atoms with E-state index in [1.807, 2.05) is 6.07 Å².